The van der Waals surface area contributed by atoms with Crippen LogP contribution in [0.15, 0.2) is 16.6 Å². The van der Waals surface area contributed by atoms with Gasteiger partial charge in [-0.1, -0.05) is 15.9 Å². The molecule has 0 bridgehead atoms. The van der Waals surface area contributed by atoms with E-state index in [1.807, 2.05) is 20.0 Å². The molecule has 0 saturated carbocycles. The fourth-order valence-electron chi connectivity index (χ4n) is 1.60. The maximum atomic E-state index is 11.1. The van der Waals surface area contributed by atoms with Crippen molar-refractivity contribution in [1.29, 1.82) is 0 Å². The number of aromatic carboxylic acids is 1. The molecular formula is C10H9BrN2O2. The van der Waals surface area contributed by atoms with E-state index in [0.29, 0.717) is 11.0 Å². The third kappa shape index (κ3) is 1.52. The van der Waals surface area contributed by atoms with Crippen molar-refractivity contribution in [2.45, 2.75) is 6.92 Å². The standard InChI is InChI=1S/C10H9BrN2O2/c1-5-12-8-4-6(11)3-7(10(14)15)9(8)13(5)2/h3-4H,1-2H3,(H,14,15). The van der Waals surface area contributed by atoms with Gasteiger partial charge in [0.2, 0.25) is 0 Å². The number of fused-ring (bicyclic) bond motifs is 1. The van der Waals surface area contributed by atoms with Crippen LogP contribution < -0.4 is 0 Å². The summed E-state index contributed by atoms with van der Waals surface area (Å²) in [6.07, 6.45) is 0. The summed E-state index contributed by atoms with van der Waals surface area (Å²) in [6, 6.07) is 3.40. The predicted octanol–water partition coefficient (Wildman–Crippen LogP) is 2.34. The van der Waals surface area contributed by atoms with E-state index < -0.39 is 5.97 Å². The second-order valence-corrected chi connectivity index (χ2v) is 4.26. The molecule has 1 aromatic heterocycles. The zero-order chi connectivity index (χ0) is 11.2. The maximum absolute atomic E-state index is 11.1. The van der Waals surface area contributed by atoms with Gasteiger partial charge in [0.1, 0.15) is 5.82 Å². The summed E-state index contributed by atoms with van der Waals surface area (Å²) in [7, 11) is 1.81. The average Bonchev–Trinajstić information content (AvgIpc) is 2.41. The summed E-state index contributed by atoms with van der Waals surface area (Å²) in [6.45, 7) is 1.85. The lowest BCUT2D eigenvalue weighted by Gasteiger charge is -2.02. The molecule has 0 amide bonds. The first-order valence-electron chi connectivity index (χ1n) is 4.36. The molecule has 0 aliphatic rings. The van der Waals surface area contributed by atoms with Gasteiger partial charge < -0.3 is 9.67 Å². The first-order valence-corrected chi connectivity index (χ1v) is 5.16. The summed E-state index contributed by atoms with van der Waals surface area (Å²) in [5, 5.41) is 9.08. The zero-order valence-electron chi connectivity index (χ0n) is 8.28. The van der Waals surface area contributed by atoms with Crippen LogP contribution in [0.3, 0.4) is 0 Å². The van der Waals surface area contributed by atoms with Gasteiger partial charge in [0.05, 0.1) is 16.6 Å². The summed E-state index contributed by atoms with van der Waals surface area (Å²) in [4.78, 5) is 15.4. The highest BCUT2D eigenvalue weighted by Crippen LogP contribution is 2.24. The molecule has 0 atom stereocenters. The molecule has 0 fully saturated rings. The van der Waals surface area contributed by atoms with Crippen LogP contribution in [0.5, 0.6) is 0 Å². The number of rotatable bonds is 1. The fourth-order valence-corrected chi connectivity index (χ4v) is 2.04. The van der Waals surface area contributed by atoms with Crippen molar-refractivity contribution >= 4 is 32.9 Å². The molecule has 1 heterocycles. The third-order valence-corrected chi connectivity index (χ3v) is 2.85. The lowest BCUT2D eigenvalue weighted by atomic mass is 10.2. The number of halogens is 1. The second kappa shape index (κ2) is 3.34. The fraction of sp³-hybridized carbons (Fsp3) is 0.200. The average molecular weight is 269 g/mol. The molecule has 1 aromatic carbocycles. The van der Waals surface area contributed by atoms with E-state index in [4.69, 9.17) is 5.11 Å². The van der Waals surface area contributed by atoms with Crippen LogP contribution in [0.1, 0.15) is 16.2 Å². The summed E-state index contributed by atoms with van der Waals surface area (Å²) >= 11 is 3.27. The van der Waals surface area contributed by atoms with E-state index in [-0.39, 0.29) is 5.56 Å². The number of benzene rings is 1. The Bertz CT molecular complexity index is 560. The van der Waals surface area contributed by atoms with E-state index >= 15 is 0 Å². The van der Waals surface area contributed by atoms with Gasteiger partial charge in [-0.3, -0.25) is 0 Å². The first-order chi connectivity index (χ1) is 7.00. The molecule has 0 aliphatic heterocycles. The van der Waals surface area contributed by atoms with Crippen molar-refractivity contribution in [3.8, 4) is 0 Å². The van der Waals surface area contributed by atoms with Gasteiger partial charge in [0.15, 0.2) is 0 Å². The molecule has 15 heavy (non-hydrogen) atoms. The van der Waals surface area contributed by atoms with Crippen LogP contribution in [-0.2, 0) is 7.05 Å². The van der Waals surface area contributed by atoms with Crippen molar-refractivity contribution in [1.82, 2.24) is 9.55 Å². The molecule has 0 radical (unpaired) electrons. The largest absolute Gasteiger partial charge is 0.478 e. The minimum Gasteiger partial charge on any atom is -0.478 e. The van der Waals surface area contributed by atoms with Gasteiger partial charge in [0, 0.05) is 11.5 Å². The Balaban J connectivity index is 2.94. The van der Waals surface area contributed by atoms with Crippen LogP contribution in [0.2, 0.25) is 0 Å². The van der Waals surface area contributed by atoms with Crippen LogP contribution in [0.4, 0.5) is 0 Å². The number of aryl methyl sites for hydroxylation is 2. The van der Waals surface area contributed by atoms with Crippen LogP contribution in [0.25, 0.3) is 11.0 Å². The number of carbonyl (C=O) groups is 1. The normalized spacial score (nSPS) is 10.9. The third-order valence-electron chi connectivity index (χ3n) is 2.39. The second-order valence-electron chi connectivity index (χ2n) is 3.34. The summed E-state index contributed by atoms with van der Waals surface area (Å²) < 4.78 is 2.51. The van der Waals surface area contributed by atoms with E-state index in [1.54, 1.807) is 10.6 Å². The number of imidazole rings is 1. The van der Waals surface area contributed by atoms with Crippen molar-refractivity contribution in [3.63, 3.8) is 0 Å². The SMILES string of the molecule is Cc1nc2cc(Br)cc(C(=O)O)c2n1C. The summed E-state index contributed by atoms with van der Waals surface area (Å²) in [5.74, 6) is -0.144. The Hall–Kier alpha value is -1.36. The number of aromatic nitrogens is 2. The van der Waals surface area contributed by atoms with E-state index in [2.05, 4.69) is 20.9 Å². The maximum Gasteiger partial charge on any atom is 0.337 e. The van der Waals surface area contributed by atoms with Crippen LogP contribution in [-0.4, -0.2) is 20.6 Å². The topological polar surface area (TPSA) is 55.1 Å². The molecule has 2 aromatic rings. The van der Waals surface area contributed by atoms with Gasteiger partial charge >= 0.3 is 5.97 Å². The molecule has 0 saturated heterocycles. The highest BCUT2D eigenvalue weighted by Gasteiger charge is 2.15. The number of carboxylic acids is 1. The van der Waals surface area contributed by atoms with Crippen molar-refractivity contribution in [3.05, 3.63) is 28.0 Å². The van der Waals surface area contributed by atoms with Crippen molar-refractivity contribution < 1.29 is 9.90 Å². The minimum absolute atomic E-state index is 0.266. The van der Waals surface area contributed by atoms with Crippen LogP contribution >= 0.6 is 15.9 Å². The lowest BCUT2D eigenvalue weighted by Crippen LogP contribution is -2.01. The molecule has 4 nitrogen and oxygen atoms in total. The quantitative estimate of drug-likeness (QED) is 0.864. The molecule has 0 aliphatic carbocycles. The number of hydrogen-bond donors (Lipinski definition) is 1. The monoisotopic (exact) mass is 268 g/mol. The number of nitrogens with zero attached hydrogens (tertiary/aromatic N) is 2. The van der Waals surface area contributed by atoms with Gasteiger partial charge in [-0.05, 0) is 19.1 Å². The Labute approximate surface area is 94.7 Å². The molecule has 1 N–H and O–H groups in total. The van der Waals surface area contributed by atoms with Crippen molar-refractivity contribution in [2.75, 3.05) is 0 Å². The lowest BCUT2D eigenvalue weighted by molar-refractivity contribution is 0.0698. The molecule has 5 heteroatoms. The minimum atomic E-state index is -0.940. The molecule has 0 unspecified atom stereocenters. The molecule has 2 rings (SSSR count). The van der Waals surface area contributed by atoms with Gasteiger partial charge in [0.25, 0.3) is 0 Å². The summed E-state index contributed by atoms with van der Waals surface area (Å²) in [5.41, 5.74) is 1.62. The first kappa shape index (κ1) is 10.2. The number of hydrogen-bond acceptors (Lipinski definition) is 2. The highest BCUT2D eigenvalue weighted by atomic mass is 79.9. The molecule has 78 valence electrons. The van der Waals surface area contributed by atoms with E-state index in [9.17, 15) is 4.79 Å². The van der Waals surface area contributed by atoms with Crippen molar-refractivity contribution in [2.24, 2.45) is 7.05 Å². The zero-order valence-corrected chi connectivity index (χ0v) is 9.87. The Morgan fingerprint density at radius 3 is 2.80 bits per heavy atom. The Morgan fingerprint density at radius 2 is 2.20 bits per heavy atom. The van der Waals surface area contributed by atoms with Gasteiger partial charge in [-0.25, -0.2) is 9.78 Å². The Morgan fingerprint density at radius 1 is 1.53 bits per heavy atom. The van der Waals surface area contributed by atoms with Crippen LogP contribution in [0, 0.1) is 6.92 Å². The van der Waals surface area contributed by atoms with Gasteiger partial charge in [-0.15, -0.1) is 0 Å². The van der Waals surface area contributed by atoms with Gasteiger partial charge in [-0.2, -0.15) is 0 Å². The predicted molar refractivity (Wildman–Crippen MR) is 60.1 cm³/mol. The molecular weight excluding hydrogens is 260 g/mol. The Kier molecular flexibility index (Phi) is 2.26. The smallest absolute Gasteiger partial charge is 0.337 e. The highest BCUT2D eigenvalue weighted by molar-refractivity contribution is 9.10. The van der Waals surface area contributed by atoms with E-state index in [0.717, 1.165) is 10.3 Å². The molecule has 0 spiro atoms. The van der Waals surface area contributed by atoms with E-state index in [1.165, 1.54) is 0 Å². The number of carboxylic acid groups (broad SMARTS) is 1.